The number of hydrogen-bond donors (Lipinski definition) is 1. The Morgan fingerprint density at radius 2 is 1.90 bits per heavy atom. The van der Waals surface area contributed by atoms with Gasteiger partial charge < -0.3 is 10.1 Å². The van der Waals surface area contributed by atoms with Crippen LogP contribution in [0.2, 0.25) is 0 Å². The molecular formula is C16H22F3NO. The molecule has 1 atom stereocenters. The van der Waals surface area contributed by atoms with E-state index in [4.69, 9.17) is 0 Å². The van der Waals surface area contributed by atoms with Crippen LogP contribution in [0.25, 0.3) is 0 Å². The molecule has 1 aliphatic rings. The highest BCUT2D eigenvalue weighted by Gasteiger charge is 2.31. The van der Waals surface area contributed by atoms with Gasteiger partial charge in [-0.25, -0.2) is 0 Å². The van der Waals surface area contributed by atoms with Crippen LogP contribution >= 0.6 is 0 Å². The smallest absolute Gasteiger partial charge is 0.406 e. The van der Waals surface area contributed by atoms with E-state index in [9.17, 15) is 13.2 Å². The third-order valence-electron chi connectivity index (χ3n) is 3.65. The molecule has 0 spiro atoms. The molecule has 1 fully saturated rings. The van der Waals surface area contributed by atoms with Gasteiger partial charge >= 0.3 is 6.36 Å². The van der Waals surface area contributed by atoms with E-state index in [0.717, 1.165) is 31.4 Å². The van der Waals surface area contributed by atoms with Crippen molar-refractivity contribution in [2.75, 3.05) is 6.54 Å². The third kappa shape index (κ3) is 6.38. The van der Waals surface area contributed by atoms with Crippen molar-refractivity contribution >= 4 is 0 Å². The maximum absolute atomic E-state index is 12.1. The van der Waals surface area contributed by atoms with Gasteiger partial charge in [0, 0.05) is 6.04 Å². The highest BCUT2D eigenvalue weighted by atomic mass is 19.4. The lowest BCUT2D eigenvalue weighted by molar-refractivity contribution is -0.274. The average Bonchev–Trinajstić information content (AvgIpc) is 3.21. The van der Waals surface area contributed by atoms with Gasteiger partial charge in [0.05, 0.1) is 0 Å². The molecule has 0 heterocycles. The van der Waals surface area contributed by atoms with Crippen molar-refractivity contribution < 1.29 is 17.9 Å². The molecule has 0 saturated heterocycles. The Hall–Kier alpha value is -1.23. The molecule has 21 heavy (non-hydrogen) atoms. The summed E-state index contributed by atoms with van der Waals surface area (Å²) in [5.74, 6) is 0.374. The number of ether oxygens (including phenoxy) is 1. The van der Waals surface area contributed by atoms with E-state index >= 15 is 0 Å². The minimum atomic E-state index is -4.62. The van der Waals surface area contributed by atoms with Gasteiger partial charge in [0.1, 0.15) is 5.75 Å². The fourth-order valence-corrected chi connectivity index (χ4v) is 2.47. The molecule has 0 aliphatic heterocycles. The van der Waals surface area contributed by atoms with Crippen molar-refractivity contribution in [3.8, 4) is 5.75 Å². The normalized spacial score (nSPS) is 16.8. The van der Waals surface area contributed by atoms with Crippen molar-refractivity contribution in [2.24, 2.45) is 5.92 Å². The Bertz CT molecular complexity index is 426. The molecule has 1 unspecified atom stereocenters. The molecule has 0 radical (unpaired) electrons. The molecule has 1 saturated carbocycles. The summed E-state index contributed by atoms with van der Waals surface area (Å²) >= 11 is 0. The Morgan fingerprint density at radius 1 is 1.24 bits per heavy atom. The topological polar surface area (TPSA) is 21.3 Å². The van der Waals surface area contributed by atoms with Crippen LogP contribution in [-0.2, 0) is 6.42 Å². The molecule has 1 aliphatic carbocycles. The second-order valence-corrected chi connectivity index (χ2v) is 5.73. The first-order valence-corrected chi connectivity index (χ1v) is 7.54. The van der Waals surface area contributed by atoms with Crippen molar-refractivity contribution in [1.29, 1.82) is 0 Å². The van der Waals surface area contributed by atoms with Crippen LogP contribution in [0.15, 0.2) is 24.3 Å². The number of nitrogens with one attached hydrogen (secondary N) is 1. The van der Waals surface area contributed by atoms with Crippen LogP contribution < -0.4 is 10.1 Å². The fourth-order valence-electron chi connectivity index (χ4n) is 2.47. The molecule has 1 N–H and O–H groups in total. The number of rotatable bonds is 8. The van der Waals surface area contributed by atoms with Crippen molar-refractivity contribution in [1.82, 2.24) is 5.32 Å². The van der Waals surface area contributed by atoms with Gasteiger partial charge in [0.25, 0.3) is 0 Å². The van der Waals surface area contributed by atoms with Gasteiger partial charge in [0.2, 0.25) is 0 Å². The maximum Gasteiger partial charge on any atom is 0.573 e. The molecule has 1 aromatic carbocycles. The van der Waals surface area contributed by atoms with E-state index < -0.39 is 6.36 Å². The van der Waals surface area contributed by atoms with E-state index in [1.807, 2.05) is 0 Å². The Balaban J connectivity index is 1.86. The number of alkyl halides is 3. The Labute approximate surface area is 123 Å². The number of hydrogen-bond acceptors (Lipinski definition) is 2. The third-order valence-corrected chi connectivity index (χ3v) is 3.65. The van der Waals surface area contributed by atoms with Crippen LogP contribution in [0.3, 0.4) is 0 Å². The molecule has 0 bridgehead atoms. The van der Waals surface area contributed by atoms with Crippen LogP contribution in [0.5, 0.6) is 5.75 Å². The van der Waals surface area contributed by atoms with Crippen LogP contribution in [0.1, 0.15) is 38.2 Å². The summed E-state index contributed by atoms with van der Waals surface area (Å²) in [6, 6.07) is 6.91. The zero-order valence-corrected chi connectivity index (χ0v) is 12.2. The monoisotopic (exact) mass is 301 g/mol. The summed E-state index contributed by atoms with van der Waals surface area (Å²) in [6.45, 7) is 3.14. The lowest BCUT2D eigenvalue weighted by Gasteiger charge is -2.17. The summed E-state index contributed by atoms with van der Waals surface area (Å²) < 4.78 is 40.2. The van der Waals surface area contributed by atoms with Crippen LogP contribution in [0, 0.1) is 5.92 Å². The van der Waals surface area contributed by atoms with Gasteiger partial charge in [-0.05, 0) is 55.8 Å². The largest absolute Gasteiger partial charge is 0.573 e. The van der Waals surface area contributed by atoms with E-state index in [-0.39, 0.29) is 5.75 Å². The molecular weight excluding hydrogens is 279 g/mol. The van der Waals surface area contributed by atoms with Crippen molar-refractivity contribution in [2.45, 2.75) is 51.4 Å². The predicted octanol–water partition coefficient (Wildman–Crippen LogP) is 4.30. The first-order chi connectivity index (χ1) is 9.96. The molecule has 2 nitrogen and oxygen atoms in total. The second kappa shape index (κ2) is 7.16. The van der Waals surface area contributed by atoms with Gasteiger partial charge in [0.15, 0.2) is 0 Å². The standard InChI is InChI=1S/C16H22F3NO/c1-2-3-13(11-20-14-6-7-14)10-12-4-8-15(9-5-12)21-16(17,18)19/h4-5,8-9,13-14,20H,2-3,6-7,10-11H2,1H3. The zero-order valence-electron chi connectivity index (χ0n) is 12.2. The predicted molar refractivity (Wildman–Crippen MR) is 76.3 cm³/mol. The van der Waals surface area contributed by atoms with Gasteiger partial charge in [-0.1, -0.05) is 25.5 Å². The highest BCUT2D eigenvalue weighted by Crippen LogP contribution is 2.24. The van der Waals surface area contributed by atoms with Crippen LogP contribution in [0.4, 0.5) is 13.2 Å². The molecule has 5 heteroatoms. The number of benzene rings is 1. The second-order valence-electron chi connectivity index (χ2n) is 5.73. The number of halogens is 3. The quantitative estimate of drug-likeness (QED) is 0.773. The lowest BCUT2D eigenvalue weighted by Crippen LogP contribution is -2.26. The summed E-state index contributed by atoms with van der Waals surface area (Å²) in [5.41, 5.74) is 1.06. The zero-order chi connectivity index (χ0) is 15.3. The first kappa shape index (κ1) is 16.1. The van der Waals surface area contributed by atoms with Crippen LogP contribution in [-0.4, -0.2) is 18.9 Å². The van der Waals surface area contributed by atoms with Crippen molar-refractivity contribution in [3.05, 3.63) is 29.8 Å². The minimum Gasteiger partial charge on any atom is -0.406 e. The van der Waals surface area contributed by atoms with Gasteiger partial charge in [-0.15, -0.1) is 13.2 Å². The molecule has 2 rings (SSSR count). The van der Waals surface area contributed by atoms with Gasteiger partial charge in [-0.3, -0.25) is 0 Å². The average molecular weight is 301 g/mol. The first-order valence-electron chi connectivity index (χ1n) is 7.54. The SMILES string of the molecule is CCCC(CNC1CC1)Cc1ccc(OC(F)(F)F)cc1. The van der Waals surface area contributed by atoms with E-state index in [2.05, 4.69) is 17.0 Å². The summed E-state index contributed by atoms with van der Waals surface area (Å²) in [6.07, 6.45) is 1.04. The van der Waals surface area contributed by atoms with E-state index in [1.165, 1.54) is 25.0 Å². The highest BCUT2D eigenvalue weighted by molar-refractivity contribution is 5.27. The lowest BCUT2D eigenvalue weighted by atomic mass is 9.95. The fraction of sp³-hybridized carbons (Fsp3) is 0.625. The van der Waals surface area contributed by atoms with E-state index in [0.29, 0.717) is 12.0 Å². The summed E-state index contributed by atoms with van der Waals surface area (Å²) in [7, 11) is 0. The molecule has 1 aromatic rings. The van der Waals surface area contributed by atoms with Gasteiger partial charge in [-0.2, -0.15) is 0 Å². The Kier molecular flexibility index (Phi) is 5.51. The molecule has 0 aromatic heterocycles. The molecule has 0 amide bonds. The maximum atomic E-state index is 12.1. The Morgan fingerprint density at radius 3 is 2.43 bits per heavy atom. The molecule has 118 valence electrons. The van der Waals surface area contributed by atoms with E-state index in [1.54, 1.807) is 12.1 Å². The summed E-state index contributed by atoms with van der Waals surface area (Å²) in [4.78, 5) is 0. The van der Waals surface area contributed by atoms with Crippen molar-refractivity contribution in [3.63, 3.8) is 0 Å². The minimum absolute atomic E-state index is 0.158. The summed E-state index contributed by atoms with van der Waals surface area (Å²) in [5, 5.41) is 3.53.